The molecule has 0 fully saturated rings. The standard InChI is InChI=1S/C18H44N3O6P3/c1-13(2)22-29(23-14(3)4,24-15(5)6)19-28-20-30(21-29,25-16(7)8,26-17(9)10)27-18(11)12/h13-18,21H,1-12H3,(H,19,20). The van der Waals surface area contributed by atoms with E-state index in [1.807, 2.05) is 83.1 Å². The first kappa shape index (κ1) is 28.7. The van der Waals surface area contributed by atoms with E-state index in [1.165, 1.54) is 0 Å². The van der Waals surface area contributed by atoms with Crippen LogP contribution in [0.25, 0.3) is 0 Å². The third-order valence-corrected chi connectivity index (χ3v) is 14.0. The van der Waals surface area contributed by atoms with Crippen molar-refractivity contribution in [2.75, 3.05) is 0 Å². The minimum absolute atomic E-state index is 0.229. The molecule has 0 saturated carbocycles. The predicted molar refractivity (Wildman–Crippen MR) is 127 cm³/mol. The molecule has 9 nitrogen and oxygen atoms in total. The van der Waals surface area contributed by atoms with Crippen LogP contribution >= 0.6 is 23.7 Å². The summed E-state index contributed by atoms with van der Waals surface area (Å²) in [6, 6.07) is 0. The molecule has 0 unspecified atom stereocenters. The van der Waals surface area contributed by atoms with Gasteiger partial charge in [-0.3, -0.25) is 0 Å². The minimum atomic E-state index is -4.36. The molecule has 1 aliphatic heterocycles. The summed E-state index contributed by atoms with van der Waals surface area (Å²) in [5, 5.41) is 0. The van der Waals surface area contributed by atoms with E-state index in [4.69, 9.17) is 31.7 Å². The fraction of sp³-hybridized carbons (Fsp3) is 1.00. The van der Waals surface area contributed by atoms with Gasteiger partial charge < -0.3 is 0 Å². The van der Waals surface area contributed by atoms with Gasteiger partial charge in [0.1, 0.15) is 0 Å². The number of hydrogen-bond donors (Lipinski definition) is 2. The van der Waals surface area contributed by atoms with E-state index in [0.29, 0.717) is 8.52 Å². The Balaban J connectivity index is 3.87. The Hall–Kier alpha value is 0.640. The van der Waals surface area contributed by atoms with Gasteiger partial charge in [-0.25, -0.2) is 0 Å². The molecular weight excluding hydrogens is 447 g/mol. The molecule has 0 aromatic carbocycles. The Bertz CT molecular complexity index is 543. The summed E-state index contributed by atoms with van der Waals surface area (Å²) in [5.41, 5.74) is 0. The van der Waals surface area contributed by atoms with Crippen LogP contribution in [0.2, 0.25) is 0 Å². The second-order valence-corrected chi connectivity index (χ2v) is 16.3. The van der Waals surface area contributed by atoms with Gasteiger partial charge in [0.25, 0.3) is 0 Å². The van der Waals surface area contributed by atoms with Gasteiger partial charge in [0.2, 0.25) is 0 Å². The van der Waals surface area contributed by atoms with E-state index in [-0.39, 0.29) is 36.6 Å². The Morgan fingerprint density at radius 3 is 1.10 bits per heavy atom. The Labute approximate surface area is 185 Å². The predicted octanol–water partition coefficient (Wildman–Crippen LogP) is 7.03. The molecule has 1 rings (SSSR count). The van der Waals surface area contributed by atoms with Gasteiger partial charge in [-0.05, 0) is 0 Å². The van der Waals surface area contributed by atoms with E-state index in [0.717, 1.165) is 0 Å². The van der Waals surface area contributed by atoms with Crippen molar-refractivity contribution in [2.24, 2.45) is 4.52 Å². The zero-order chi connectivity index (χ0) is 23.4. The molecule has 0 saturated heterocycles. The van der Waals surface area contributed by atoms with E-state index in [1.54, 1.807) is 0 Å². The molecule has 12 heteroatoms. The molecule has 0 aliphatic carbocycles. The molecule has 2 N–H and O–H groups in total. The van der Waals surface area contributed by atoms with Gasteiger partial charge in [-0.1, -0.05) is 0 Å². The van der Waals surface area contributed by atoms with Crippen molar-refractivity contribution in [1.82, 2.24) is 9.72 Å². The molecule has 0 spiro atoms. The van der Waals surface area contributed by atoms with E-state index in [2.05, 4.69) is 9.72 Å². The van der Waals surface area contributed by atoms with E-state index in [9.17, 15) is 0 Å². The second kappa shape index (κ2) is 10.3. The summed E-state index contributed by atoms with van der Waals surface area (Å²) in [6.07, 6.45) is -1.42. The van der Waals surface area contributed by atoms with Gasteiger partial charge in [0.05, 0.1) is 0 Å². The normalized spacial score (nSPS) is 25.5. The number of nitrogens with one attached hydrogen (secondary N) is 2. The molecule has 30 heavy (non-hydrogen) atoms. The van der Waals surface area contributed by atoms with Crippen molar-refractivity contribution < 1.29 is 27.1 Å². The molecule has 1 heterocycles. The van der Waals surface area contributed by atoms with Gasteiger partial charge in [0, 0.05) is 0 Å². The van der Waals surface area contributed by atoms with Crippen LogP contribution in [-0.4, -0.2) is 36.6 Å². The van der Waals surface area contributed by atoms with Gasteiger partial charge >= 0.3 is 185 Å². The fourth-order valence-corrected chi connectivity index (χ4v) is 15.4. The van der Waals surface area contributed by atoms with E-state index >= 15 is 0 Å². The van der Waals surface area contributed by atoms with Crippen LogP contribution in [0.3, 0.4) is 0 Å². The van der Waals surface area contributed by atoms with Gasteiger partial charge in [-0.2, -0.15) is 0 Å². The van der Waals surface area contributed by atoms with Crippen molar-refractivity contribution in [1.29, 1.82) is 0 Å². The summed E-state index contributed by atoms with van der Waals surface area (Å²) >= 11 is 0. The Morgan fingerprint density at radius 1 is 0.533 bits per heavy atom. The van der Waals surface area contributed by atoms with Crippen LogP contribution in [0.15, 0.2) is 4.52 Å². The topological polar surface area (TPSA) is 91.8 Å². The molecule has 0 aromatic rings. The van der Waals surface area contributed by atoms with Gasteiger partial charge in [0.15, 0.2) is 0 Å². The third kappa shape index (κ3) is 7.33. The van der Waals surface area contributed by atoms with Crippen LogP contribution in [0.5, 0.6) is 0 Å². The third-order valence-electron chi connectivity index (χ3n) is 3.15. The molecule has 0 atom stereocenters. The second-order valence-electron chi connectivity index (χ2n) is 9.04. The number of hydrogen-bond acceptors (Lipinski definition) is 9. The van der Waals surface area contributed by atoms with Crippen LogP contribution in [0.4, 0.5) is 0 Å². The van der Waals surface area contributed by atoms with Gasteiger partial charge in [-0.15, -0.1) is 0 Å². The maximum absolute atomic E-state index is 6.50. The summed E-state index contributed by atoms with van der Waals surface area (Å²) in [5.74, 6) is 0. The molecule has 0 aromatic heterocycles. The average molecular weight is 491 g/mol. The maximum atomic E-state index is 6.50. The van der Waals surface area contributed by atoms with E-state index < -0.39 is 15.2 Å². The van der Waals surface area contributed by atoms with Crippen LogP contribution in [0, 0.1) is 0 Å². The Morgan fingerprint density at radius 2 is 0.833 bits per heavy atom. The number of rotatable bonds is 12. The van der Waals surface area contributed by atoms with Crippen molar-refractivity contribution in [3.63, 3.8) is 0 Å². The zero-order valence-electron chi connectivity index (χ0n) is 20.7. The molecule has 0 amide bonds. The molecule has 1 aliphatic rings. The van der Waals surface area contributed by atoms with Crippen molar-refractivity contribution >= 4 is 23.7 Å². The SMILES string of the molecule is CC(C)OP1(OC(C)C)(OC(C)C)N=PNP(OC(C)C)(OC(C)C)(OC(C)C)N1. The fourth-order valence-electron chi connectivity index (χ4n) is 3.19. The first-order chi connectivity index (χ1) is 13.5. The first-order valence-corrected chi connectivity index (χ1v) is 15.5. The van der Waals surface area contributed by atoms with Crippen LogP contribution < -0.4 is 9.72 Å². The monoisotopic (exact) mass is 491 g/mol. The Kier molecular flexibility index (Phi) is 9.82. The average Bonchev–Trinajstić information content (AvgIpc) is 2.39. The summed E-state index contributed by atoms with van der Waals surface area (Å²) in [4.78, 5) is 6.73. The summed E-state index contributed by atoms with van der Waals surface area (Å²) < 4.78 is 43.7. The molecule has 0 radical (unpaired) electrons. The van der Waals surface area contributed by atoms with Crippen molar-refractivity contribution in [3.05, 3.63) is 0 Å². The zero-order valence-corrected chi connectivity index (χ0v) is 23.4. The first-order valence-electron chi connectivity index (χ1n) is 10.7. The molecule has 182 valence electrons. The van der Waals surface area contributed by atoms with Crippen molar-refractivity contribution in [3.8, 4) is 0 Å². The molecular formula is C18H44N3O6P3. The summed E-state index contributed by atoms with van der Waals surface area (Å²) in [6.45, 7) is 23.1. The quantitative estimate of drug-likeness (QED) is 0.281. The number of nitrogens with zero attached hydrogens (tertiary/aromatic N) is 1. The van der Waals surface area contributed by atoms with Crippen LogP contribution in [-0.2, 0) is 27.1 Å². The van der Waals surface area contributed by atoms with Crippen molar-refractivity contribution in [2.45, 2.75) is 120 Å². The molecule has 0 bridgehead atoms. The van der Waals surface area contributed by atoms with Crippen LogP contribution in [0.1, 0.15) is 83.1 Å². The summed E-state index contributed by atoms with van der Waals surface area (Å²) in [7, 11) is -8.19.